The van der Waals surface area contributed by atoms with Gasteiger partial charge in [-0.3, -0.25) is 13.7 Å². The number of aromatic nitrogens is 7. The van der Waals surface area contributed by atoms with Gasteiger partial charge >= 0.3 is 0 Å². The highest BCUT2D eigenvalue weighted by atomic mass is 15.2. The third-order valence-corrected chi connectivity index (χ3v) is 16.9. The highest BCUT2D eigenvalue weighted by Crippen LogP contribution is 2.52. The van der Waals surface area contributed by atoms with Crippen LogP contribution in [0.2, 0.25) is 0 Å². The Morgan fingerprint density at radius 2 is 0.872 bits per heavy atom. The molecule has 13 rings (SSSR count). The van der Waals surface area contributed by atoms with Gasteiger partial charge in [0, 0.05) is 85.4 Å². The van der Waals surface area contributed by atoms with Gasteiger partial charge < -0.3 is 0 Å². The zero-order valence-electron chi connectivity index (χ0n) is 46.5. The van der Waals surface area contributed by atoms with Crippen molar-refractivity contribution < 1.29 is 0 Å². The van der Waals surface area contributed by atoms with Gasteiger partial charge in [-0.15, -0.1) is 0 Å². The van der Waals surface area contributed by atoms with Crippen LogP contribution in [-0.4, -0.2) is 45.6 Å². The van der Waals surface area contributed by atoms with Crippen LogP contribution in [0.4, 0.5) is 11.6 Å². The van der Waals surface area contributed by atoms with Crippen LogP contribution in [0, 0.1) is 5.92 Å². The molecule has 0 radical (unpaired) electrons. The Kier molecular flexibility index (Phi) is 12.0. The molecule has 4 aromatic carbocycles. The summed E-state index contributed by atoms with van der Waals surface area (Å²) in [4.78, 5) is 31.2. The van der Waals surface area contributed by atoms with Crippen molar-refractivity contribution in [3.05, 3.63) is 208 Å². The fourth-order valence-electron chi connectivity index (χ4n) is 12.7. The highest BCUT2D eigenvalue weighted by molar-refractivity contribution is 6.07. The molecule has 0 saturated carbocycles. The summed E-state index contributed by atoms with van der Waals surface area (Å²) in [6, 6.07) is 54.1. The lowest BCUT2D eigenvalue weighted by molar-refractivity contribution is 0.711. The van der Waals surface area contributed by atoms with Gasteiger partial charge in [0.25, 0.3) is 0 Å². The maximum absolute atomic E-state index is 5.49. The molecule has 2 atom stereocenters. The number of rotatable bonds is 11. The smallest absolute Gasteiger partial charge is 0.147 e. The van der Waals surface area contributed by atoms with E-state index in [2.05, 4.69) is 223 Å². The predicted octanol–water partition coefficient (Wildman–Crippen LogP) is 17.4. The lowest BCUT2D eigenvalue weighted by atomic mass is 9.65. The van der Waals surface area contributed by atoms with Crippen LogP contribution in [0.15, 0.2) is 168 Å². The molecule has 0 spiro atoms. The summed E-state index contributed by atoms with van der Waals surface area (Å²) in [5.74, 6) is 4.02. The van der Waals surface area contributed by atoms with Crippen molar-refractivity contribution >= 4 is 67.7 Å². The first-order valence-electron chi connectivity index (χ1n) is 28.2. The van der Waals surface area contributed by atoms with Gasteiger partial charge in [-0.1, -0.05) is 130 Å². The molecule has 2 aliphatic rings. The lowest BCUT2D eigenvalue weighted by Gasteiger charge is -2.37. The van der Waals surface area contributed by atoms with E-state index >= 15 is 0 Å². The molecule has 9 nitrogen and oxygen atoms in total. The fraction of sp³-hybridized carbons (Fsp3) is 0.275. The summed E-state index contributed by atoms with van der Waals surface area (Å²) in [6.45, 7) is 22.6. The minimum absolute atomic E-state index is 0.273. The van der Waals surface area contributed by atoms with E-state index in [1.807, 2.05) is 24.5 Å². The van der Waals surface area contributed by atoms with E-state index in [1.165, 1.54) is 22.4 Å². The van der Waals surface area contributed by atoms with Gasteiger partial charge in [0.2, 0.25) is 0 Å². The third kappa shape index (κ3) is 7.71. The average molecular weight is 1020 g/mol. The number of hydrogen-bond acceptors (Lipinski definition) is 6. The molecule has 0 N–H and O–H groups in total. The second kappa shape index (κ2) is 19.0. The van der Waals surface area contributed by atoms with Gasteiger partial charge in [0.1, 0.15) is 34.2 Å². The van der Waals surface area contributed by atoms with Crippen molar-refractivity contribution in [2.75, 3.05) is 0 Å². The Labute approximate surface area is 457 Å². The second-order valence-electron chi connectivity index (χ2n) is 23.2. The average Bonchev–Trinajstić information content (AvgIpc) is 4.26. The molecule has 9 heterocycles. The van der Waals surface area contributed by atoms with Crippen molar-refractivity contribution in [1.82, 2.24) is 33.6 Å². The first-order valence-corrected chi connectivity index (χ1v) is 28.2. The Hall–Kier alpha value is -8.30. The van der Waals surface area contributed by atoms with Crippen LogP contribution in [-0.2, 0) is 5.41 Å². The van der Waals surface area contributed by atoms with E-state index in [1.54, 1.807) is 0 Å². The summed E-state index contributed by atoms with van der Waals surface area (Å²) < 4.78 is 6.81. The van der Waals surface area contributed by atoms with Gasteiger partial charge in [0.15, 0.2) is 0 Å². The molecule has 388 valence electrons. The Morgan fingerprint density at radius 1 is 0.436 bits per heavy atom. The van der Waals surface area contributed by atoms with E-state index in [4.69, 9.17) is 29.9 Å². The normalized spacial score (nSPS) is 15.7. The Morgan fingerprint density at radius 3 is 1.32 bits per heavy atom. The maximum Gasteiger partial charge on any atom is 0.147 e. The summed E-state index contributed by atoms with van der Waals surface area (Å²) in [7, 11) is 0. The predicted molar refractivity (Wildman–Crippen MR) is 322 cm³/mol. The molecule has 0 bridgehead atoms. The molecule has 0 fully saturated rings. The Bertz CT molecular complexity index is 3990. The molecular weight excluding hydrogens is 955 g/mol. The topological polar surface area (TPSA) is 91.1 Å². The maximum atomic E-state index is 5.49. The first kappa shape index (κ1) is 49.3. The van der Waals surface area contributed by atoms with Crippen molar-refractivity contribution in [1.29, 1.82) is 0 Å². The first-order chi connectivity index (χ1) is 37.8. The molecule has 78 heavy (non-hydrogen) atoms. The highest BCUT2D eigenvalue weighted by Gasteiger charge is 2.40. The summed E-state index contributed by atoms with van der Waals surface area (Å²) in [5, 5.41) is 4.34. The molecule has 0 aliphatic carbocycles. The molecule has 2 unspecified atom stereocenters. The molecule has 2 aliphatic heterocycles. The summed E-state index contributed by atoms with van der Waals surface area (Å²) in [6.07, 6.45) is 7.76. The lowest BCUT2D eigenvalue weighted by Crippen LogP contribution is -2.31. The van der Waals surface area contributed by atoms with Crippen molar-refractivity contribution in [3.8, 4) is 17.1 Å². The molecule has 0 amide bonds. The van der Waals surface area contributed by atoms with Crippen LogP contribution in [0.3, 0.4) is 0 Å². The van der Waals surface area contributed by atoms with Crippen molar-refractivity contribution in [2.45, 2.75) is 117 Å². The van der Waals surface area contributed by atoms with Gasteiger partial charge in [-0.25, -0.2) is 29.9 Å². The monoisotopic (exact) mass is 1020 g/mol. The van der Waals surface area contributed by atoms with Gasteiger partial charge in [-0.2, -0.15) is 0 Å². The molecule has 0 saturated heterocycles. The van der Waals surface area contributed by atoms with Gasteiger partial charge in [-0.05, 0) is 161 Å². The van der Waals surface area contributed by atoms with Crippen LogP contribution >= 0.6 is 0 Å². The number of nitrogens with zero attached hydrogens (tertiary/aromatic N) is 9. The van der Waals surface area contributed by atoms with E-state index in [-0.39, 0.29) is 11.8 Å². The van der Waals surface area contributed by atoms with E-state index in [9.17, 15) is 0 Å². The standard InChI is InChI=1S/C69H67N9/c1-40(2)46-15-17-47(18-16-46)69(48-19-25-51(26-20-48)76-63-54(13-11-36-70-63)56-31-33-58(41(3)4)73-65(56)76,49-21-27-52(28-22-49)77-64-55(14-12-37-71-64)57-32-34-59(42(5)6)74-66(57)77)50-23-29-53(30-24-50)78-67-61(44(9)35-38-72-67)62-45(10)39-60(43(7)8)75-68(62)78/h11-34,36-38,40-45H,35,39H2,1-10H3. The molecule has 9 heteroatoms. The van der Waals surface area contributed by atoms with Crippen molar-refractivity contribution in [3.63, 3.8) is 0 Å². The minimum atomic E-state index is -0.797. The summed E-state index contributed by atoms with van der Waals surface area (Å²) in [5.41, 5.74) is 17.7. The van der Waals surface area contributed by atoms with Gasteiger partial charge in [0.05, 0.1) is 5.41 Å². The Balaban J connectivity index is 1.05. The van der Waals surface area contributed by atoms with Crippen LogP contribution in [0.1, 0.15) is 162 Å². The van der Waals surface area contributed by atoms with Crippen LogP contribution < -0.4 is 0 Å². The number of pyridine rings is 4. The number of aliphatic imine (C=N–C) groups is 2. The summed E-state index contributed by atoms with van der Waals surface area (Å²) >= 11 is 0. The third-order valence-electron chi connectivity index (χ3n) is 16.9. The zero-order chi connectivity index (χ0) is 53.7. The van der Waals surface area contributed by atoms with E-state index in [0.717, 1.165) is 119 Å². The van der Waals surface area contributed by atoms with E-state index < -0.39 is 5.41 Å². The minimum Gasteiger partial charge on any atom is -0.279 e. The van der Waals surface area contributed by atoms with Crippen LogP contribution in [0.25, 0.3) is 61.2 Å². The SMILES string of the molecule is CC(C)C1=Nc2c(c3c(n2-c2ccc(C(c4ccc(C(C)C)cc4)(c4ccc(-n5c6ncccc6c6ccc(C(C)C)nc65)cc4)c4ccc(-n5c6ncccc6c6ccc(C(C)C)nc65)cc4)cc2)N=CCC3C)C(C)C1. The number of hydrogen-bond donors (Lipinski definition) is 0. The fourth-order valence-corrected chi connectivity index (χ4v) is 12.7. The van der Waals surface area contributed by atoms with E-state index in [0.29, 0.717) is 23.7 Å². The largest absolute Gasteiger partial charge is 0.279 e. The molecule has 7 aromatic heterocycles. The molecular formula is C69H67N9. The van der Waals surface area contributed by atoms with Crippen molar-refractivity contribution in [2.24, 2.45) is 15.9 Å². The number of fused-ring (bicyclic) bond motifs is 9. The molecule has 11 aromatic rings. The second-order valence-corrected chi connectivity index (χ2v) is 23.2. The quantitative estimate of drug-likeness (QED) is 0.121. The van der Waals surface area contributed by atoms with Crippen LogP contribution in [0.5, 0.6) is 0 Å². The zero-order valence-corrected chi connectivity index (χ0v) is 46.5. The number of benzene rings is 4.